The first-order valence-electron chi connectivity index (χ1n) is 5.51. The summed E-state index contributed by atoms with van der Waals surface area (Å²) in [6.07, 6.45) is 1.92. The molecule has 0 spiro atoms. The zero-order valence-corrected chi connectivity index (χ0v) is 11.8. The number of rotatable bonds is 2. The summed E-state index contributed by atoms with van der Waals surface area (Å²) in [5.74, 6) is 0. The van der Waals surface area contributed by atoms with Gasteiger partial charge in [0.25, 0.3) is 0 Å². The monoisotopic (exact) mass is 290 g/mol. The fraction of sp³-hybridized carbons (Fsp3) is 0.214. The third-order valence-electron chi connectivity index (χ3n) is 3.01. The Labute approximate surface area is 110 Å². The van der Waals surface area contributed by atoms with Gasteiger partial charge < -0.3 is 4.57 Å². The maximum atomic E-state index is 4.51. The van der Waals surface area contributed by atoms with Crippen LogP contribution >= 0.6 is 15.9 Å². The number of hydrogen-bond acceptors (Lipinski definition) is 1. The first-order valence-corrected chi connectivity index (χ1v) is 6.30. The van der Waals surface area contributed by atoms with Crippen LogP contribution in [0, 0.1) is 13.8 Å². The highest BCUT2D eigenvalue weighted by Crippen LogP contribution is 2.24. The van der Waals surface area contributed by atoms with E-state index in [-0.39, 0.29) is 0 Å². The van der Waals surface area contributed by atoms with Crippen molar-refractivity contribution < 1.29 is 0 Å². The van der Waals surface area contributed by atoms with Crippen LogP contribution in [0.15, 0.2) is 39.8 Å². The Hall–Kier alpha value is -1.35. The number of hydrogen-bond donors (Lipinski definition) is 0. The van der Waals surface area contributed by atoms with E-state index in [0.29, 0.717) is 0 Å². The van der Waals surface area contributed by atoms with Crippen LogP contribution in [0.5, 0.6) is 0 Å². The van der Waals surface area contributed by atoms with Crippen LogP contribution in [0.4, 0.5) is 5.69 Å². The molecule has 0 atom stereocenters. The van der Waals surface area contributed by atoms with Crippen LogP contribution in [0.25, 0.3) is 0 Å². The molecule has 0 amide bonds. The van der Waals surface area contributed by atoms with E-state index >= 15 is 0 Å². The summed E-state index contributed by atoms with van der Waals surface area (Å²) in [6.45, 7) is 4.21. The lowest BCUT2D eigenvalue weighted by atomic mass is 10.2. The molecule has 2 rings (SSSR count). The van der Waals surface area contributed by atoms with Gasteiger partial charge in [0.15, 0.2) is 0 Å². The topological polar surface area (TPSA) is 17.3 Å². The van der Waals surface area contributed by atoms with Gasteiger partial charge in [-0.2, -0.15) is 0 Å². The molecule has 0 fully saturated rings. The largest absolute Gasteiger partial charge is 0.352 e. The second-order valence-electron chi connectivity index (χ2n) is 4.10. The number of aromatic nitrogens is 1. The average molecular weight is 291 g/mol. The van der Waals surface area contributed by atoms with Crippen molar-refractivity contribution in [2.75, 3.05) is 0 Å². The highest BCUT2D eigenvalue weighted by atomic mass is 79.9. The van der Waals surface area contributed by atoms with Gasteiger partial charge in [-0.15, -0.1) is 0 Å². The van der Waals surface area contributed by atoms with Gasteiger partial charge in [-0.1, -0.05) is 12.1 Å². The van der Waals surface area contributed by atoms with Gasteiger partial charge in [0.1, 0.15) is 0 Å². The lowest BCUT2D eigenvalue weighted by Gasteiger charge is -1.99. The Balaban J connectivity index is 2.33. The van der Waals surface area contributed by atoms with E-state index in [1.807, 2.05) is 30.5 Å². The predicted molar refractivity (Wildman–Crippen MR) is 76.3 cm³/mol. The van der Waals surface area contributed by atoms with E-state index in [0.717, 1.165) is 10.2 Å². The summed E-state index contributed by atoms with van der Waals surface area (Å²) in [4.78, 5) is 4.51. The zero-order valence-electron chi connectivity index (χ0n) is 10.2. The number of aliphatic imine (C=N–C) groups is 1. The minimum absolute atomic E-state index is 0.952. The van der Waals surface area contributed by atoms with Crippen molar-refractivity contribution in [3.05, 3.63) is 51.8 Å². The quantitative estimate of drug-likeness (QED) is 0.739. The maximum Gasteiger partial charge on any atom is 0.0771 e. The van der Waals surface area contributed by atoms with Crippen LogP contribution in [0.3, 0.4) is 0 Å². The molecule has 0 saturated heterocycles. The molecular weight excluding hydrogens is 276 g/mol. The fourth-order valence-corrected chi connectivity index (χ4v) is 2.10. The summed E-state index contributed by atoms with van der Waals surface area (Å²) in [6, 6.07) is 10.1. The van der Waals surface area contributed by atoms with E-state index in [1.165, 1.54) is 17.0 Å². The second kappa shape index (κ2) is 4.88. The second-order valence-corrected chi connectivity index (χ2v) is 4.95. The number of benzene rings is 1. The van der Waals surface area contributed by atoms with Crippen LogP contribution in [0.2, 0.25) is 0 Å². The number of nitrogens with zero attached hydrogens (tertiary/aromatic N) is 2. The van der Waals surface area contributed by atoms with E-state index in [9.17, 15) is 0 Å². The molecule has 0 N–H and O–H groups in total. The molecule has 17 heavy (non-hydrogen) atoms. The zero-order chi connectivity index (χ0) is 12.4. The summed E-state index contributed by atoms with van der Waals surface area (Å²) in [5.41, 5.74) is 4.60. The minimum atomic E-state index is 0.952. The van der Waals surface area contributed by atoms with Crippen LogP contribution in [-0.2, 0) is 7.05 Å². The highest BCUT2D eigenvalue weighted by molar-refractivity contribution is 9.10. The molecule has 2 nitrogen and oxygen atoms in total. The summed E-state index contributed by atoms with van der Waals surface area (Å²) >= 11 is 3.49. The SMILES string of the molecule is Cc1cc(C=Nc2ccccc2Br)c(C)n1C. The first-order chi connectivity index (χ1) is 8.09. The van der Waals surface area contributed by atoms with Crippen molar-refractivity contribution in [3.8, 4) is 0 Å². The summed E-state index contributed by atoms with van der Waals surface area (Å²) in [7, 11) is 2.07. The Morgan fingerprint density at radius 1 is 1.24 bits per heavy atom. The van der Waals surface area contributed by atoms with Gasteiger partial charge in [-0.05, 0) is 48.0 Å². The van der Waals surface area contributed by atoms with Gasteiger partial charge in [0, 0.05) is 34.7 Å². The van der Waals surface area contributed by atoms with Gasteiger partial charge in [0.2, 0.25) is 0 Å². The molecule has 0 aliphatic carbocycles. The molecule has 1 aromatic carbocycles. The van der Waals surface area contributed by atoms with E-state index in [2.05, 4.69) is 52.5 Å². The van der Waals surface area contributed by atoms with Gasteiger partial charge >= 0.3 is 0 Å². The normalized spacial score (nSPS) is 11.3. The standard InChI is InChI=1S/C14H15BrN2/c1-10-8-12(11(2)17(10)3)9-16-14-7-5-4-6-13(14)15/h4-9H,1-3H3. The highest BCUT2D eigenvalue weighted by Gasteiger charge is 2.03. The molecule has 0 radical (unpaired) electrons. The number of halogens is 1. The van der Waals surface area contributed by atoms with Crippen molar-refractivity contribution in [1.82, 2.24) is 4.57 Å². The lowest BCUT2D eigenvalue weighted by molar-refractivity contribution is 0.843. The molecule has 0 bridgehead atoms. The van der Waals surface area contributed by atoms with Crippen molar-refractivity contribution in [2.45, 2.75) is 13.8 Å². The third kappa shape index (κ3) is 2.50. The first kappa shape index (κ1) is 12.1. The molecule has 1 aromatic heterocycles. The van der Waals surface area contributed by atoms with E-state index < -0.39 is 0 Å². The molecule has 0 unspecified atom stereocenters. The van der Waals surface area contributed by atoms with Crippen molar-refractivity contribution in [2.24, 2.45) is 12.0 Å². The molecule has 0 aliphatic heterocycles. The fourth-order valence-electron chi connectivity index (χ4n) is 1.71. The summed E-state index contributed by atoms with van der Waals surface area (Å²) < 4.78 is 3.18. The molecule has 0 aliphatic rings. The molecule has 88 valence electrons. The van der Waals surface area contributed by atoms with Crippen LogP contribution in [-0.4, -0.2) is 10.8 Å². The maximum absolute atomic E-state index is 4.51. The van der Waals surface area contributed by atoms with Crippen LogP contribution < -0.4 is 0 Å². The van der Waals surface area contributed by atoms with Crippen molar-refractivity contribution in [3.63, 3.8) is 0 Å². The Kier molecular flexibility index (Phi) is 3.48. The third-order valence-corrected chi connectivity index (χ3v) is 3.68. The molecular formula is C14H15BrN2. The smallest absolute Gasteiger partial charge is 0.0771 e. The van der Waals surface area contributed by atoms with Gasteiger partial charge in [-0.3, -0.25) is 4.99 Å². The number of aryl methyl sites for hydroxylation is 1. The number of para-hydroxylation sites is 1. The summed E-state index contributed by atoms with van der Waals surface area (Å²) in [5, 5.41) is 0. The van der Waals surface area contributed by atoms with E-state index in [4.69, 9.17) is 0 Å². The van der Waals surface area contributed by atoms with Crippen LogP contribution in [0.1, 0.15) is 17.0 Å². The predicted octanol–water partition coefficient (Wildman–Crippen LogP) is 4.16. The Morgan fingerprint density at radius 2 is 1.94 bits per heavy atom. The Bertz CT molecular complexity index is 568. The van der Waals surface area contributed by atoms with E-state index in [1.54, 1.807) is 0 Å². The Morgan fingerprint density at radius 3 is 2.53 bits per heavy atom. The average Bonchev–Trinajstić information content (AvgIpc) is 2.56. The molecule has 2 aromatic rings. The molecule has 0 saturated carbocycles. The van der Waals surface area contributed by atoms with Crippen molar-refractivity contribution in [1.29, 1.82) is 0 Å². The van der Waals surface area contributed by atoms with Gasteiger partial charge in [-0.25, -0.2) is 0 Å². The minimum Gasteiger partial charge on any atom is -0.352 e. The van der Waals surface area contributed by atoms with Crippen molar-refractivity contribution >= 4 is 27.8 Å². The lowest BCUT2D eigenvalue weighted by Crippen LogP contribution is -1.93. The molecule has 1 heterocycles. The van der Waals surface area contributed by atoms with Gasteiger partial charge in [0.05, 0.1) is 5.69 Å². The molecule has 3 heteroatoms.